The standard InChI is InChI=1S/C13H16ClN3S/c1-7-3-5-9(6-4-7)12-17-10-11(14)15-8(2)16-13(10)18-12/h7,9H,3-6H2,1-2H3. The molecule has 1 saturated carbocycles. The Balaban J connectivity index is 1.96. The van der Waals surface area contributed by atoms with E-state index in [1.165, 1.54) is 30.7 Å². The molecule has 2 aromatic rings. The number of thiazole rings is 1. The molecule has 0 atom stereocenters. The SMILES string of the molecule is Cc1nc(Cl)c2nc(C3CCC(C)CC3)sc2n1. The average molecular weight is 282 g/mol. The number of halogens is 1. The van der Waals surface area contributed by atoms with Gasteiger partial charge in [-0.25, -0.2) is 15.0 Å². The monoisotopic (exact) mass is 281 g/mol. The fraction of sp³-hybridized carbons (Fsp3) is 0.615. The van der Waals surface area contributed by atoms with Crippen molar-refractivity contribution in [2.45, 2.75) is 45.4 Å². The second kappa shape index (κ2) is 4.74. The van der Waals surface area contributed by atoms with Crippen LogP contribution in [0.5, 0.6) is 0 Å². The van der Waals surface area contributed by atoms with E-state index in [1.807, 2.05) is 6.92 Å². The minimum atomic E-state index is 0.490. The molecule has 1 aliphatic carbocycles. The fourth-order valence-electron chi connectivity index (χ4n) is 2.59. The summed E-state index contributed by atoms with van der Waals surface area (Å²) in [6.07, 6.45) is 5.09. The summed E-state index contributed by atoms with van der Waals surface area (Å²) >= 11 is 7.82. The molecular formula is C13H16ClN3S. The topological polar surface area (TPSA) is 38.7 Å². The lowest BCUT2D eigenvalue weighted by molar-refractivity contribution is 0.347. The van der Waals surface area contributed by atoms with E-state index < -0.39 is 0 Å². The van der Waals surface area contributed by atoms with E-state index in [1.54, 1.807) is 11.3 Å². The van der Waals surface area contributed by atoms with Crippen LogP contribution < -0.4 is 0 Å². The van der Waals surface area contributed by atoms with Crippen molar-refractivity contribution in [1.82, 2.24) is 15.0 Å². The highest BCUT2D eigenvalue weighted by molar-refractivity contribution is 7.18. The first kappa shape index (κ1) is 12.3. The molecule has 1 fully saturated rings. The maximum Gasteiger partial charge on any atom is 0.159 e. The molecule has 0 radical (unpaired) electrons. The molecule has 96 valence electrons. The second-order valence-corrected chi connectivity index (χ2v) is 6.59. The van der Waals surface area contributed by atoms with Gasteiger partial charge in [-0.1, -0.05) is 42.7 Å². The molecule has 0 unspecified atom stereocenters. The molecule has 2 aromatic heterocycles. The molecule has 3 rings (SSSR count). The first-order chi connectivity index (χ1) is 8.63. The number of rotatable bonds is 1. The molecule has 0 N–H and O–H groups in total. The Bertz CT molecular complexity index is 573. The van der Waals surface area contributed by atoms with Crippen molar-refractivity contribution < 1.29 is 0 Å². The lowest BCUT2D eigenvalue weighted by Gasteiger charge is -2.24. The molecule has 0 aliphatic heterocycles. The van der Waals surface area contributed by atoms with Crippen LogP contribution >= 0.6 is 22.9 Å². The van der Waals surface area contributed by atoms with E-state index >= 15 is 0 Å². The van der Waals surface area contributed by atoms with Crippen molar-refractivity contribution in [3.05, 3.63) is 16.0 Å². The van der Waals surface area contributed by atoms with Crippen molar-refractivity contribution in [3.63, 3.8) is 0 Å². The van der Waals surface area contributed by atoms with Gasteiger partial charge in [-0.05, 0) is 25.7 Å². The van der Waals surface area contributed by atoms with Crippen LogP contribution in [0.2, 0.25) is 5.15 Å². The quantitative estimate of drug-likeness (QED) is 0.730. The van der Waals surface area contributed by atoms with E-state index in [-0.39, 0.29) is 0 Å². The van der Waals surface area contributed by atoms with Gasteiger partial charge in [-0.3, -0.25) is 0 Å². The number of hydrogen-bond acceptors (Lipinski definition) is 4. The van der Waals surface area contributed by atoms with Crippen LogP contribution in [0.25, 0.3) is 10.3 Å². The molecule has 18 heavy (non-hydrogen) atoms. The Hall–Kier alpha value is -0.740. The summed E-state index contributed by atoms with van der Waals surface area (Å²) in [6, 6.07) is 0. The molecule has 0 spiro atoms. The minimum absolute atomic E-state index is 0.490. The largest absolute Gasteiger partial charge is 0.236 e. The lowest BCUT2D eigenvalue weighted by Crippen LogP contribution is -2.10. The summed E-state index contributed by atoms with van der Waals surface area (Å²) < 4.78 is 0. The molecule has 0 aromatic carbocycles. The highest BCUT2D eigenvalue weighted by Crippen LogP contribution is 2.39. The Labute approximate surface area is 116 Å². The van der Waals surface area contributed by atoms with Gasteiger partial charge in [0.25, 0.3) is 0 Å². The summed E-state index contributed by atoms with van der Waals surface area (Å²) in [7, 11) is 0. The zero-order valence-corrected chi connectivity index (χ0v) is 12.2. The molecular weight excluding hydrogens is 266 g/mol. The summed E-state index contributed by atoms with van der Waals surface area (Å²) in [5.41, 5.74) is 0.779. The van der Waals surface area contributed by atoms with Gasteiger partial charge in [0.15, 0.2) is 5.15 Å². The van der Waals surface area contributed by atoms with Gasteiger partial charge in [0.1, 0.15) is 16.2 Å². The lowest BCUT2D eigenvalue weighted by atomic mass is 9.83. The van der Waals surface area contributed by atoms with Gasteiger partial charge in [0, 0.05) is 5.92 Å². The second-order valence-electron chi connectivity index (χ2n) is 5.22. The highest BCUT2D eigenvalue weighted by Gasteiger charge is 2.23. The summed E-state index contributed by atoms with van der Waals surface area (Å²) in [4.78, 5) is 14.2. The zero-order chi connectivity index (χ0) is 12.7. The predicted molar refractivity (Wildman–Crippen MR) is 75.3 cm³/mol. The van der Waals surface area contributed by atoms with Crippen molar-refractivity contribution in [2.24, 2.45) is 5.92 Å². The Morgan fingerprint density at radius 2 is 1.83 bits per heavy atom. The van der Waals surface area contributed by atoms with Crippen LogP contribution in [0.1, 0.15) is 49.4 Å². The summed E-state index contributed by atoms with van der Waals surface area (Å²) in [5.74, 6) is 2.18. The predicted octanol–water partition coefficient (Wildman–Crippen LogP) is 4.34. The summed E-state index contributed by atoms with van der Waals surface area (Å²) in [5, 5.41) is 1.68. The molecule has 3 nitrogen and oxygen atoms in total. The van der Waals surface area contributed by atoms with Gasteiger partial charge in [-0.15, -0.1) is 0 Å². The normalized spacial score (nSPS) is 24.6. The number of fused-ring (bicyclic) bond motifs is 1. The zero-order valence-electron chi connectivity index (χ0n) is 10.6. The number of hydrogen-bond donors (Lipinski definition) is 0. The van der Waals surface area contributed by atoms with Gasteiger partial charge in [0.05, 0.1) is 5.01 Å². The van der Waals surface area contributed by atoms with E-state index in [0.29, 0.717) is 11.1 Å². The first-order valence-electron chi connectivity index (χ1n) is 6.44. The van der Waals surface area contributed by atoms with Gasteiger partial charge in [0.2, 0.25) is 0 Å². The van der Waals surface area contributed by atoms with Crippen LogP contribution in [0.3, 0.4) is 0 Å². The Kier molecular flexibility index (Phi) is 3.24. The third-order valence-electron chi connectivity index (χ3n) is 3.71. The molecule has 0 bridgehead atoms. The molecule has 5 heteroatoms. The van der Waals surface area contributed by atoms with Gasteiger partial charge >= 0.3 is 0 Å². The number of aromatic nitrogens is 3. The maximum atomic E-state index is 6.13. The summed E-state index contributed by atoms with van der Waals surface area (Å²) in [6.45, 7) is 4.20. The van der Waals surface area contributed by atoms with Crippen molar-refractivity contribution in [2.75, 3.05) is 0 Å². The average Bonchev–Trinajstić information content (AvgIpc) is 2.74. The van der Waals surface area contributed by atoms with E-state index in [9.17, 15) is 0 Å². The van der Waals surface area contributed by atoms with Crippen molar-refractivity contribution >= 4 is 33.3 Å². The minimum Gasteiger partial charge on any atom is -0.236 e. The van der Waals surface area contributed by atoms with Crippen molar-refractivity contribution in [1.29, 1.82) is 0 Å². The van der Waals surface area contributed by atoms with E-state index in [0.717, 1.165) is 22.1 Å². The van der Waals surface area contributed by atoms with Gasteiger partial charge < -0.3 is 0 Å². The van der Waals surface area contributed by atoms with Gasteiger partial charge in [-0.2, -0.15) is 0 Å². The number of aryl methyl sites for hydroxylation is 1. The molecule has 2 heterocycles. The fourth-order valence-corrected chi connectivity index (χ4v) is 4.05. The molecule has 0 saturated heterocycles. The van der Waals surface area contributed by atoms with Crippen LogP contribution in [-0.4, -0.2) is 15.0 Å². The van der Waals surface area contributed by atoms with Crippen LogP contribution in [0, 0.1) is 12.8 Å². The van der Waals surface area contributed by atoms with Crippen LogP contribution in [0.4, 0.5) is 0 Å². The molecule has 0 amide bonds. The third-order valence-corrected chi connectivity index (χ3v) is 5.08. The van der Waals surface area contributed by atoms with Crippen molar-refractivity contribution in [3.8, 4) is 0 Å². The first-order valence-corrected chi connectivity index (χ1v) is 7.63. The van der Waals surface area contributed by atoms with E-state index in [4.69, 9.17) is 11.6 Å². The molecule has 1 aliphatic rings. The smallest absolute Gasteiger partial charge is 0.159 e. The van der Waals surface area contributed by atoms with Crippen LogP contribution in [0.15, 0.2) is 0 Å². The number of nitrogens with zero attached hydrogens (tertiary/aromatic N) is 3. The third kappa shape index (κ3) is 2.24. The van der Waals surface area contributed by atoms with E-state index in [2.05, 4.69) is 21.9 Å². The Morgan fingerprint density at radius 1 is 1.11 bits per heavy atom. The highest BCUT2D eigenvalue weighted by atomic mass is 35.5. The van der Waals surface area contributed by atoms with Crippen LogP contribution in [-0.2, 0) is 0 Å². The maximum absolute atomic E-state index is 6.13. The Morgan fingerprint density at radius 3 is 2.56 bits per heavy atom.